The molecule has 2 nitrogen and oxygen atoms in total. The van der Waals surface area contributed by atoms with E-state index >= 15 is 0 Å². The van der Waals surface area contributed by atoms with Crippen molar-refractivity contribution in [2.45, 2.75) is 45.6 Å². The van der Waals surface area contributed by atoms with E-state index in [9.17, 15) is 0 Å². The lowest BCUT2D eigenvalue weighted by molar-refractivity contribution is 0.293. The Kier molecular flexibility index (Phi) is 2.86. The van der Waals surface area contributed by atoms with Gasteiger partial charge in [-0.25, -0.2) is 0 Å². The molecule has 1 saturated heterocycles. The predicted octanol–water partition coefficient (Wildman–Crippen LogP) is 3.11. The van der Waals surface area contributed by atoms with Gasteiger partial charge in [0.1, 0.15) is 5.75 Å². The lowest BCUT2D eigenvalue weighted by Crippen LogP contribution is -2.34. The zero-order valence-electron chi connectivity index (χ0n) is 11.6. The van der Waals surface area contributed by atoms with Gasteiger partial charge in [0, 0.05) is 19.0 Å². The highest BCUT2D eigenvalue weighted by molar-refractivity contribution is 5.41. The zero-order valence-corrected chi connectivity index (χ0v) is 11.6. The molecule has 2 heterocycles. The smallest absolute Gasteiger partial charge is 0.122 e. The predicted molar refractivity (Wildman–Crippen MR) is 74.2 cm³/mol. The van der Waals surface area contributed by atoms with Crippen LogP contribution >= 0.6 is 0 Å². The molecule has 2 heteroatoms. The van der Waals surface area contributed by atoms with Crippen LogP contribution in [0.1, 0.15) is 44.2 Å². The Hall–Kier alpha value is -1.02. The Balaban J connectivity index is 1.77. The first-order valence-electron chi connectivity index (χ1n) is 7.03. The Labute approximate surface area is 110 Å². The first-order valence-corrected chi connectivity index (χ1v) is 7.03. The van der Waals surface area contributed by atoms with Crippen molar-refractivity contribution in [1.29, 1.82) is 0 Å². The van der Waals surface area contributed by atoms with Crippen molar-refractivity contribution in [1.82, 2.24) is 5.32 Å². The van der Waals surface area contributed by atoms with Crippen molar-refractivity contribution in [2.75, 3.05) is 13.2 Å². The minimum atomic E-state index is 0.349. The maximum Gasteiger partial charge on any atom is 0.122 e. The topological polar surface area (TPSA) is 21.3 Å². The number of hydrogen-bond acceptors (Lipinski definition) is 2. The summed E-state index contributed by atoms with van der Waals surface area (Å²) < 4.78 is 5.67. The van der Waals surface area contributed by atoms with Gasteiger partial charge in [-0.2, -0.15) is 0 Å². The van der Waals surface area contributed by atoms with E-state index in [0.29, 0.717) is 17.4 Å². The lowest BCUT2D eigenvalue weighted by Gasteiger charge is -2.27. The normalized spacial score (nSPS) is 27.1. The second-order valence-electron chi connectivity index (χ2n) is 6.73. The fourth-order valence-corrected chi connectivity index (χ4v) is 3.09. The Morgan fingerprint density at radius 3 is 2.83 bits per heavy atom. The van der Waals surface area contributed by atoms with Crippen molar-refractivity contribution >= 4 is 0 Å². The molecule has 2 aliphatic heterocycles. The number of ether oxygens (including phenoxy) is 1. The average molecular weight is 245 g/mol. The van der Waals surface area contributed by atoms with E-state index in [1.807, 2.05) is 0 Å². The van der Waals surface area contributed by atoms with Gasteiger partial charge >= 0.3 is 0 Å². The van der Waals surface area contributed by atoms with Crippen LogP contribution in [0.4, 0.5) is 0 Å². The summed E-state index contributed by atoms with van der Waals surface area (Å²) in [6.07, 6.45) is 2.31. The number of hydrogen-bond donors (Lipinski definition) is 1. The second-order valence-corrected chi connectivity index (χ2v) is 6.73. The maximum atomic E-state index is 5.67. The molecular formula is C16H23NO. The Morgan fingerprint density at radius 1 is 1.28 bits per heavy atom. The third kappa shape index (κ3) is 2.14. The van der Waals surface area contributed by atoms with E-state index < -0.39 is 0 Å². The van der Waals surface area contributed by atoms with Crippen LogP contribution < -0.4 is 10.1 Å². The first-order chi connectivity index (χ1) is 8.54. The molecule has 2 unspecified atom stereocenters. The lowest BCUT2D eigenvalue weighted by atomic mass is 9.83. The molecule has 0 radical (unpaired) electrons. The molecule has 1 aromatic rings. The molecular weight excluding hydrogens is 222 g/mol. The van der Waals surface area contributed by atoms with Gasteiger partial charge in [-0.05, 0) is 34.9 Å². The highest BCUT2D eigenvalue weighted by atomic mass is 16.5. The first kappa shape index (κ1) is 12.0. The molecule has 2 aliphatic rings. The number of fused-ring (bicyclic) bond motifs is 1. The molecule has 0 saturated carbocycles. The molecule has 3 rings (SSSR count). The van der Waals surface area contributed by atoms with Gasteiger partial charge in [0.05, 0.1) is 6.61 Å². The average Bonchev–Trinajstić information content (AvgIpc) is 2.96. The van der Waals surface area contributed by atoms with Gasteiger partial charge in [0.15, 0.2) is 0 Å². The summed E-state index contributed by atoms with van der Waals surface area (Å²) in [5.74, 6) is 1.76. The fraction of sp³-hybridized carbons (Fsp3) is 0.625. The maximum absolute atomic E-state index is 5.67. The minimum Gasteiger partial charge on any atom is -0.493 e. The van der Waals surface area contributed by atoms with Gasteiger partial charge in [0.25, 0.3) is 0 Å². The van der Waals surface area contributed by atoms with Crippen LogP contribution in [0.25, 0.3) is 0 Å². The van der Waals surface area contributed by atoms with Crippen LogP contribution in [0, 0.1) is 5.41 Å². The summed E-state index contributed by atoms with van der Waals surface area (Å²) in [5.41, 5.74) is 3.16. The standard InChI is InChI=1S/C16H23NO/c1-16(2,3)15-9-13(10-17-15)12-5-4-11-6-7-18-14(11)8-12/h4-5,8,13,15,17H,6-7,9-10H2,1-3H3. The number of nitrogens with one attached hydrogen (secondary N) is 1. The SMILES string of the molecule is CC(C)(C)C1CC(c2ccc3c(c2)OCC3)CN1. The van der Waals surface area contributed by atoms with Crippen molar-refractivity contribution < 1.29 is 4.74 Å². The summed E-state index contributed by atoms with van der Waals surface area (Å²) in [4.78, 5) is 0. The molecule has 0 spiro atoms. The largest absolute Gasteiger partial charge is 0.493 e. The summed E-state index contributed by atoms with van der Waals surface area (Å²) in [5, 5.41) is 3.67. The van der Waals surface area contributed by atoms with Gasteiger partial charge in [-0.1, -0.05) is 32.9 Å². The number of rotatable bonds is 1. The number of benzene rings is 1. The van der Waals surface area contributed by atoms with Crippen molar-refractivity contribution in [3.8, 4) is 5.75 Å². The molecule has 1 fully saturated rings. The van der Waals surface area contributed by atoms with Crippen molar-refractivity contribution in [3.63, 3.8) is 0 Å². The Morgan fingerprint density at radius 2 is 2.11 bits per heavy atom. The van der Waals surface area contributed by atoms with E-state index in [4.69, 9.17) is 4.74 Å². The van der Waals surface area contributed by atoms with Gasteiger partial charge in [-0.15, -0.1) is 0 Å². The second kappa shape index (κ2) is 4.27. The summed E-state index contributed by atoms with van der Waals surface area (Å²) in [7, 11) is 0. The van der Waals surface area contributed by atoms with Crippen LogP contribution in [0.2, 0.25) is 0 Å². The van der Waals surface area contributed by atoms with E-state index in [1.165, 1.54) is 17.5 Å². The molecule has 0 aliphatic carbocycles. The van der Waals surface area contributed by atoms with Gasteiger partial charge in [-0.3, -0.25) is 0 Å². The van der Waals surface area contributed by atoms with E-state index in [0.717, 1.165) is 25.3 Å². The summed E-state index contributed by atoms with van der Waals surface area (Å²) in [6.45, 7) is 8.91. The van der Waals surface area contributed by atoms with E-state index in [1.54, 1.807) is 0 Å². The van der Waals surface area contributed by atoms with Crippen LogP contribution in [0.15, 0.2) is 18.2 Å². The summed E-state index contributed by atoms with van der Waals surface area (Å²) >= 11 is 0. The van der Waals surface area contributed by atoms with Crippen LogP contribution in [-0.4, -0.2) is 19.2 Å². The van der Waals surface area contributed by atoms with Crippen LogP contribution in [0.3, 0.4) is 0 Å². The highest BCUT2D eigenvalue weighted by Gasteiger charge is 2.33. The van der Waals surface area contributed by atoms with E-state index in [2.05, 4.69) is 44.3 Å². The molecule has 2 atom stereocenters. The van der Waals surface area contributed by atoms with Crippen LogP contribution in [0.5, 0.6) is 5.75 Å². The van der Waals surface area contributed by atoms with Crippen molar-refractivity contribution in [2.24, 2.45) is 5.41 Å². The van der Waals surface area contributed by atoms with Gasteiger partial charge in [0.2, 0.25) is 0 Å². The minimum absolute atomic E-state index is 0.349. The van der Waals surface area contributed by atoms with E-state index in [-0.39, 0.29) is 0 Å². The molecule has 98 valence electrons. The molecule has 0 aromatic heterocycles. The monoisotopic (exact) mass is 245 g/mol. The zero-order chi connectivity index (χ0) is 12.8. The molecule has 0 amide bonds. The molecule has 18 heavy (non-hydrogen) atoms. The molecule has 1 aromatic carbocycles. The van der Waals surface area contributed by atoms with Gasteiger partial charge < -0.3 is 10.1 Å². The Bertz CT molecular complexity index is 447. The third-order valence-corrected chi connectivity index (χ3v) is 4.37. The highest BCUT2D eigenvalue weighted by Crippen LogP contribution is 2.36. The quantitative estimate of drug-likeness (QED) is 0.821. The summed E-state index contributed by atoms with van der Waals surface area (Å²) in [6, 6.07) is 7.43. The fourth-order valence-electron chi connectivity index (χ4n) is 3.09. The molecule has 0 bridgehead atoms. The molecule has 1 N–H and O–H groups in total. The third-order valence-electron chi connectivity index (χ3n) is 4.37. The van der Waals surface area contributed by atoms with Crippen molar-refractivity contribution in [3.05, 3.63) is 29.3 Å². The van der Waals surface area contributed by atoms with Crippen LogP contribution in [-0.2, 0) is 6.42 Å².